The van der Waals surface area contributed by atoms with Crippen LogP contribution in [-0.4, -0.2) is 12.1 Å². The van der Waals surface area contributed by atoms with Gasteiger partial charge in [-0.3, -0.25) is 0 Å². The van der Waals surface area contributed by atoms with Gasteiger partial charge in [0.25, 0.3) is 0 Å². The zero-order valence-corrected chi connectivity index (χ0v) is 6.72. The minimum atomic E-state index is 0.865. The molecule has 1 fully saturated rings. The Balaban J connectivity index is 2.34. The van der Waals surface area contributed by atoms with Gasteiger partial charge in [0.05, 0.1) is 12.1 Å². The summed E-state index contributed by atoms with van der Waals surface area (Å²) < 4.78 is 0. The molecule has 1 aliphatic rings. The topological polar surface area (TPSA) is 16.6 Å². The van der Waals surface area contributed by atoms with Gasteiger partial charge in [-0.25, -0.2) is 0 Å². The number of nitrogens with two attached hydrogens (primary N) is 1. The summed E-state index contributed by atoms with van der Waals surface area (Å²) in [6.45, 7) is 7.01. The van der Waals surface area contributed by atoms with Gasteiger partial charge in [0.2, 0.25) is 0 Å². The van der Waals surface area contributed by atoms with E-state index in [-0.39, 0.29) is 0 Å². The lowest BCUT2D eigenvalue weighted by Crippen LogP contribution is -2.95. The molecule has 1 heteroatoms. The molecular formula is C8H18N+. The zero-order valence-electron chi connectivity index (χ0n) is 6.72. The maximum Gasteiger partial charge on any atom is 0.0835 e. The van der Waals surface area contributed by atoms with E-state index >= 15 is 0 Å². The van der Waals surface area contributed by atoms with Crippen molar-refractivity contribution in [1.29, 1.82) is 0 Å². The summed E-state index contributed by atoms with van der Waals surface area (Å²) in [5, 5.41) is 2.49. The fraction of sp³-hybridized carbons (Fsp3) is 1.00. The summed E-state index contributed by atoms with van der Waals surface area (Å²) in [5.74, 6) is 0.958. The summed E-state index contributed by atoms with van der Waals surface area (Å²) in [4.78, 5) is 0. The van der Waals surface area contributed by atoms with Crippen molar-refractivity contribution < 1.29 is 5.32 Å². The Morgan fingerprint density at radius 2 is 1.44 bits per heavy atom. The smallest absolute Gasteiger partial charge is 0.0835 e. The highest BCUT2D eigenvalue weighted by Gasteiger charge is 2.22. The number of hydrogen-bond donors (Lipinski definition) is 1. The van der Waals surface area contributed by atoms with Crippen molar-refractivity contribution >= 4 is 0 Å². The summed E-state index contributed by atoms with van der Waals surface area (Å²) in [5.41, 5.74) is 0. The Morgan fingerprint density at radius 3 is 1.78 bits per heavy atom. The summed E-state index contributed by atoms with van der Waals surface area (Å²) in [6.07, 6.45) is 2.81. The van der Waals surface area contributed by atoms with Crippen LogP contribution < -0.4 is 5.32 Å². The minimum absolute atomic E-state index is 0.865. The van der Waals surface area contributed by atoms with Crippen LogP contribution in [0.2, 0.25) is 0 Å². The molecule has 0 saturated carbocycles. The van der Waals surface area contributed by atoms with Gasteiger partial charge in [0.15, 0.2) is 0 Å². The predicted octanol–water partition coefficient (Wildman–Crippen LogP) is 0.757. The van der Waals surface area contributed by atoms with Gasteiger partial charge in [-0.2, -0.15) is 0 Å². The summed E-state index contributed by atoms with van der Waals surface area (Å²) in [6, 6.07) is 1.73. The molecule has 2 unspecified atom stereocenters. The van der Waals surface area contributed by atoms with E-state index in [0.717, 1.165) is 18.0 Å². The molecule has 0 aromatic carbocycles. The third kappa shape index (κ3) is 1.98. The zero-order chi connectivity index (χ0) is 6.85. The SMILES string of the molecule is CC1CC(C)[NH2+]C(C)C1. The Kier molecular flexibility index (Phi) is 2.12. The monoisotopic (exact) mass is 128 g/mol. The van der Waals surface area contributed by atoms with Gasteiger partial charge >= 0.3 is 0 Å². The first-order valence-corrected chi connectivity index (χ1v) is 4.03. The average Bonchev–Trinajstić information content (AvgIpc) is 1.59. The lowest BCUT2D eigenvalue weighted by molar-refractivity contribution is -0.726. The third-order valence-electron chi connectivity index (χ3n) is 2.21. The van der Waals surface area contributed by atoms with Gasteiger partial charge < -0.3 is 5.32 Å². The molecule has 1 saturated heterocycles. The molecule has 0 aromatic heterocycles. The average molecular weight is 128 g/mol. The lowest BCUT2D eigenvalue weighted by Gasteiger charge is -2.27. The predicted molar refractivity (Wildman–Crippen MR) is 39.2 cm³/mol. The van der Waals surface area contributed by atoms with Crippen LogP contribution in [0.25, 0.3) is 0 Å². The second-order valence-corrected chi connectivity index (χ2v) is 3.72. The van der Waals surface area contributed by atoms with Crippen molar-refractivity contribution in [3.8, 4) is 0 Å². The van der Waals surface area contributed by atoms with Crippen LogP contribution in [0.5, 0.6) is 0 Å². The van der Waals surface area contributed by atoms with Crippen LogP contribution in [0.3, 0.4) is 0 Å². The summed E-state index contributed by atoms with van der Waals surface area (Å²) >= 11 is 0. The summed E-state index contributed by atoms with van der Waals surface area (Å²) in [7, 11) is 0. The Bertz CT molecular complexity index is 65.5. The maximum atomic E-state index is 2.49. The molecule has 0 aliphatic carbocycles. The van der Waals surface area contributed by atoms with Crippen LogP contribution in [0.1, 0.15) is 33.6 Å². The third-order valence-corrected chi connectivity index (χ3v) is 2.21. The van der Waals surface area contributed by atoms with Crippen molar-refractivity contribution in [3.63, 3.8) is 0 Å². The number of rotatable bonds is 0. The van der Waals surface area contributed by atoms with E-state index < -0.39 is 0 Å². The van der Waals surface area contributed by atoms with Crippen molar-refractivity contribution in [2.24, 2.45) is 5.92 Å². The molecule has 0 bridgehead atoms. The Labute approximate surface area is 57.8 Å². The normalized spacial score (nSPS) is 45.0. The van der Waals surface area contributed by atoms with E-state index in [1.165, 1.54) is 12.8 Å². The van der Waals surface area contributed by atoms with Crippen LogP contribution in [0.15, 0.2) is 0 Å². The highest BCUT2D eigenvalue weighted by Crippen LogP contribution is 2.13. The van der Waals surface area contributed by atoms with Gasteiger partial charge in [0.1, 0.15) is 0 Å². The van der Waals surface area contributed by atoms with E-state index in [4.69, 9.17) is 0 Å². The molecule has 9 heavy (non-hydrogen) atoms. The molecule has 1 heterocycles. The van der Waals surface area contributed by atoms with Crippen molar-refractivity contribution in [3.05, 3.63) is 0 Å². The fourth-order valence-electron chi connectivity index (χ4n) is 2.08. The molecule has 0 spiro atoms. The van der Waals surface area contributed by atoms with Crippen molar-refractivity contribution in [2.75, 3.05) is 0 Å². The van der Waals surface area contributed by atoms with E-state index in [1.54, 1.807) is 0 Å². The first kappa shape index (κ1) is 7.07. The molecule has 0 amide bonds. The second-order valence-electron chi connectivity index (χ2n) is 3.72. The highest BCUT2D eigenvalue weighted by atomic mass is 14.9. The number of hydrogen-bond acceptors (Lipinski definition) is 0. The molecule has 54 valence electrons. The molecule has 1 nitrogen and oxygen atoms in total. The van der Waals surface area contributed by atoms with Crippen LogP contribution in [0, 0.1) is 5.92 Å². The molecule has 2 atom stereocenters. The molecule has 2 N–H and O–H groups in total. The van der Waals surface area contributed by atoms with Crippen LogP contribution in [0.4, 0.5) is 0 Å². The lowest BCUT2D eigenvalue weighted by atomic mass is 9.91. The van der Waals surface area contributed by atoms with Crippen molar-refractivity contribution in [2.45, 2.75) is 45.7 Å². The first-order chi connectivity index (χ1) is 4.18. The number of quaternary nitrogens is 1. The molecule has 0 radical (unpaired) electrons. The maximum absolute atomic E-state index is 2.49. The Morgan fingerprint density at radius 1 is 1.00 bits per heavy atom. The van der Waals surface area contributed by atoms with E-state index in [0.29, 0.717) is 0 Å². The number of piperidine rings is 1. The van der Waals surface area contributed by atoms with Gasteiger partial charge in [-0.05, 0) is 19.8 Å². The molecular weight excluding hydrogens is 110 g/mol. The highest BCUT2D eigenvalue weighted by molar-refractivity contribution is 4.65. The van der Waals surface area contributed by atoms with Gasteiger partial charge in [-0.15, -0.1) is 0 Å². The van der Waals surface area contributed by atoms with Gasteiger partial charge in [0, 0.05) is 12.8 Å². The molecule has 0 aromatic rings. The van der Waals surface area contributed by atoms with E-state index in [2.05, 4.69) is 26.1 Å². The van der Waals surface area contributed by atoms with Crippen LogP contribution in [-0.2, 0) is 0 Å². The van der Waals surface area contributed by atoms with Crippen molar-refractivity contribution in [1.82, 2.24) is 0 Å². The fourth-order valence-corrected chi connectivity index (χ4v) is 2.08. The largest absolute Gasteiger partial charge is 0.342 e. The van der Waals surface area contributed by atoms with Crippen LogP contribution >= 0.6 is 0 Å². The first-order valence-electron chi connectivity index (χ1n) is 4.03. The van der Waals surface area contributed by atoms with E-state index in [1.807, 2.05) is 0 Å². The molecule has 1 aliphatic heterocycles. The Hall–Kier alpha value is -0.0400. The quantitative estimate of drug-likeness (QED) is 0.496. The minimum Gasteiger partial charge on any atom is -0.342 e. The van der Waals surface area contributed by atoms with Gasteiger partial charge in [-0.1, -0.05) is 6.92 Å². The van der Waals surface area contributed by atoms with E-state index in [9.17, 15) is 0 Å². The second kappa shape index (κ2) is 2.70. The molecule has 1 rings (SSSR count). The standard InChI is InChI=1S/C8H17N/c1-6-4-7(2)9-8(3)5-6/h6-9H,4-5H2,1-3H3/p+1.